The lowest BCUT2D eigenvalue weighted by Gasteiger charge is -2.48. The zero-order valence-corrected chi connectivity index (χ0v) is 30.3. The molecule has 0 amide bonds. The van der Waals surface area contributed by atoms with Crippen molar-refractivity contribution >= 4 is 43.6 Å². The van der Waals surface area contributed by atoms with Gasteiger partial charge in [-0.05, 0) is 82.6 Å². The standard InChI is InChI=1S/C52H38N2/c1-51(36-18-8-4-9-19-36)44-33-31-42-40-23-13-15-25-46(40)54(38-28-26-35(27-29-38)34-16-6-3-7-17-34)50(42)48(44)52(2,37-20-10-5-11-21-37)43-32-30-41-39-22-12-14-24-45(39)53-49(41)47(43)51/h3-33,53H,1-2H3. The van der Waals surface area contributed by atoms with Crippen molar-refractivity contribution in [3.05, 3.63) is 221 Å². The van der Waals surface area contributed by atoms with E-state index in [2.05, 4.69) is 211 Å². The molecule has 1 aliphatic rings. The Morgan fingerprint density at radius 1 is 0.407 bits per heavy atom. The predicted octanol–water partition coefficient (Wildman–Crippen LogP) is 13.1. The van der Waals surface area contributed by atoms with Crippen LogP contribution in [0.25, 0.3) is 60.4 Å². The molecule has 1 N–H and O–H groups in total. The molecule has 0 spiro atoms. The van der Waals surface area contributed by atoms with Crippen molar-refractivity contribution < 1.29 is 0 Å². The SMILES string of the molecule is CC1(c2ccccc2)c2ccc3c4ccccc4n(-c4ccc(-c5ccccc5)cc4)c3c2C(C)(c2ccccc2)c2ccc3c([nH]c4ccccc43)c21. The molecule has 0 radical (unpaired) electrons. The molecule has 10 aromatic rings. The Labute approximate surface area is 315 Å². The number of para-hydroxylation sites is 2. The van der Waals surface area contributed by atoms with Crippen molar-refractivity contribution in [1.29, 1.82) is 0 Å². The minimum absolute atomic E-state index is 0.479. The first kappa shape index (κ1) is 30.9. The second-order valence-corrected chi connectivity index (χ2v) is 15.2. The van der Waals surface area contributed by atoms with Gasteiger partial charge < -0.3 is 9.55 Å². The zero-order valence-electron chi connectivity index (χ0n) is 30.3. The summed E-state index contributed by atoms with van der Waals surface area (Å²) < 4.78 is 2.54. The summed E-state index contributed by atoms with van der Waals surface area (Å²) in [6.45, 7) is 4.93. The number of rotatable bonds is 4. The highest BCUT2D eigenvalue weighted by Crippen LogP contribution is 2.59. The van der Waals surface area contributed by atoms with Crippen LogP contribution in [-0.2, 0) is 10.8 Å². The number of nitrogens with one attached hydrogen (secondary N) is 1. The van der Waals surface area contributed by atoms with E-state index in [-0.39, 0.29) is 0 Å². The maximum absolute atomic E-state index is 3.96. The van der Waals surface area contributed by atoms with Gasteiger partial charge in [0.1, 0.15) is 0 Å². The lowest BCUT2D eigenvalue weighted by Crippen LogP contribution is -2.42. The largest absolute Gasteiger partial charge is 0.354 e. The minimum Gasteiger partial charge on any atom is -0.354 e. The monoisotopic (exact) mass is 690 g/mol. The van der Waals surface area contributed by atoms with Gasteiger partial charge >= 0.3 is 0 Å². The summed E-state index contributed by atoms with van der Waals surface area (Å²) in [4.78, 5) is 3.96. The van der Waals surface area contributed by atoms with Crippen LogP contribution in [0.5, 0.6) is 0 Å². The van der Waals surface area contributed by atoms with Crippen LogP contribution in [0.4, 0.5) is 0 Å². The van der Waals surface area contributed by atoms with E-state index in [1.165, 1.54) is 82.6 Å². The topological polar surface area (TPSA) is 20.7 Å². The molecule has 2 heterocycles. The van der Waals surface area contributed by atoms with Crippen LogP contribution in [0.3, 0.4) is 0 Å². The van der Waals surface area contributed by atoms with E-state index >= 15 is 0 Å². The third kappa shape index (κ3) is 4.11. The van der Waals surface area contributed by atoms with Crippen molar-refractivity contribution in [3.8, 4) is 16.8 Å². The molecule has 0 bridgehead atoms. The molecule has 2 nitrogen and oxygen atoms in total. The molecule has 2 unspecified atom stereocenters. The molecule has 2 heteroatoms. The molecule has 1 aliphatic carbocycles. The van der Waals surface area contributed by atoms with Gasteiger partial charge in [-0.2, -0.15) is 0 Å². The number of nitrogens with zero attached hydrogens (tertiary/aromatic N) is 1. The van der Waals surface area contributed by atoms with Crippen molar-refractivity contribution in [1.82, 2.24) is 9.55 Å². The number of benzene rings is 8. The third-order valence-electron chi connectivity index (χ3n) is 12.5. The highest BCUT2D eigenvalue weighted by atomic mass is 15.0. The van der Waals surface area contributed by atoms with Gasteiger partial charge in [0.2, 0.25) is 0 Å². The molecule has 0 fully saturated rings. The summed E-state index contributed by atoms with van der Waals surface area (Å²) in [6, 6.07) is 69.5. The van der Waals surface area contributed by atoms with E-state index in [0.29, 0.717) is 0 Å². The quantitative estimate of drug-likeness (QED) is 0.190. The van der Waals surface area contributed by atoms with E-state index in [1.807, 2.05) is 0 Å². The molecular weight excluding hydrogens is 653 g/mol. The maximum Gasteiger partial charge on any atom is 0.0588 e. The van der Waals surface area contributed by atoms with Gasteiger partial charge in [-0.25, -0.2) is 0 Å². The number of aromatic nitrogens is 2. The van der Waals surface area contributed by atoms with Gasteiger partial charge in [-0.1, -0.05) is 164 Å². The lowest BCUT2D eigenvalue weighted by molar-refractivity contribution is 0.574. The number of hydrogen-bond donors (Lipinski definition) is 1. The number of fused-ring (bicyclic) bond motifs is 10. The summed E-state index contributed by atoms with van der Waals surface area (Å²) in [6.07, 6.45) is 0. The molecule has 0 saturated heterocycles. The van der Waals surface area contributed by atoms with Gasteiger partial charge in [0.05, 0.1) is 16.6 Å². The van der Waals surface area contributed by atoms with E-state index in [9.17, 15) is 0 Å². The first-order valence-corrected chi connectivity index (χ1v) is 19.0. The lowest BCUT2D eigenvalue weighted by atomic mass is 9.54. The van der Waals surface area contributed by atoms with Crippen molar-refractivity contribution in [2.45, 2.75) is 24.7 Å². The summed E-state index contributed by atoms with van der Waals surface area (Å²) in [5.74, 6) is 0. The molecule has 0 aliphatic heterocycles. The second-order valence-electron chi connectivity index (χ2n) is 15.2. The van der Waals surface area contributed by atoms with Gasteiger partial charge in [0.25, 0.3) is 0 Å². The Morgan fingerprint density at radius 2 is 0.926 bits per heavy atom. The Bertz CT molecular complexity index is 3040. The smallest absolute Gasteiger partial charge is 0.0588 e. The van der Waals surface area contributed by atoms with Gasteiger partial charge in [0, 0.05) is 43.6 Å². The Hall–Kier alpha value is -6.64. The molecule has 54 heavy (non-hydrogen) atoms. The average molecular weight is 691 g/mol. The minimum atomic E-state index is -0.499. The van der Waals surface area contributed by atoms with Crippen LogP contribution >= 0.6 is 0 Å². The first-order chi connectivity index (χ1) is 26.6. The van der Waals surface area contributed by atoms with Crippen molar-refractivity contribution in [2.75, 3.05) is 0 Å². The fourth-order valence-corrected chi connectivity index (χ4v) is 9.95. The highest BCUT2D eigenvalue weighted by molar-refractivity contribution is 6.13. The number of H-pyrrole nitrogens is 1. The number of hydrogen-bond acceptors (Lipinski definition) is 0. The van der Waals surface area contributed by atoms with E-state index < -0.39 is 10.8 Å². The molecule has 11 rings (SSSR count). The Balaban J connectivity index is 1.32. The van der Waals surface area contributed by atoms with Gasteiger partial charge in [0.15, 0.2) is 0 Å². The van der Waals surface area contributed by atoms with Crippen LogP contribution in [0.1, 0.15) is 47.2 Å². The van der Waals surface area contributed by atoms with E-state index in [0.717, 1.165) is 11.2 Å². The molecule has 2 atom stereocenters. The zero-order chi connectivity index (χ0) is 36.0. The normalized spacial score (nSPS) is 18.0. The fraction of sp³-hybridized carbons (Fsp3) is 0.0769. The van der Waals surface area contributed by atoms with Crippen molar-refractivity contribution in [2.24, 2.45) is 0 Å². The summed E-state index contributed by atoms with van der Waals surface area (Å²) in [5, 5.41) is 5.05. The van der Waals surface area contributed by atoms with Crippen molar-refractivity contribution in [3.63, 3.8) is 0 Å². The van der Waals surface area contributed by atoms with Crippen LogP contribution in [0.2, 0.25) is 0 Å². The molecular formula is C52H38N2. The molecule has 0 saturated carbocycles. The van der Waals surface area contributed by atoms with Crippen LogP contribution < -0.4 is 0 Å². The molecule has 256 valence electrons. The first-order valence-electron chi connectivity index (χ1n) is 19.0. The van der Waals surface area contributed by atoms with Crippen LogP contribution in [0, 0.1) is 0 Å². The van der Waals surface area contributed by atoms with Gasteiger partial charge in [-0.15, -0.1) is 0 Å². The Kier molecular flexibility index (Phi) is 6.55. The Morgan fingerprint density at radius 3 is 1.61 bits per heavy atom. The van der Waals surface area contributed by atoms with E-state index in [1.54, 1.807) is 0 Å². The maximum atomic E-state index is 3.96. The number of aromatic amines is 1. The van der Waals surface area contributed by atoms with Crippen LogP contribution in [0.15, 0.2) is 188 Å². The van der Waals surface area contributed by atoms with Gasteiger partial charge in [-0.3, -0.25) is 0 Å². The highest BCUT2D eigenvalue weighted by Gasteiger charge is 2.50. The predicted molar refractivity (Wildman–Crippen MR) is 226 cm³/mol. The molecule has 8 aromatic carbocycles. The third-order valence-corrected chi connectivity index (χ3v) is 12.5. The summed E-state index contributed by atoms with van der Waals surface area (Å²) >= 11 is 0. The fourth-order valence-electron chi connectivity index (χ4n) is 9.95. The average Bonchev–Trinajstić information content (AvgIpc) is 3.79. The summed E-state index contributed by atoms with van der Waals surface area (Å²) in [5.41, 5.74) is 15.4. The second kappa shape index (κ2) is 11.4. The van der Waals surface area contributed by atoms with E-state index in [4.69, 9.17) is 0 Å². The summed E-state index contributed by atoms with van der Waals surface area (Å²) in [7, 11) is 0. The molecule has 2 aromatic heterocycles. The van der Waals surface area contributed by atoms with Crippen LogP contribution in [-0.4, -0.2) is 9.55 Å².